The summed E-state index contributed by atoms with van der Waals surface area (Å²) in [6.45, 7) is 1.89. The molecule has 112 valence electrons. The average molecular weight is 328 g/mol. The van der Waals surface area contributed by atoms with Crippen LogP contribution in [0.3, 0.4) is 0 Å². The summed E-state index contributed by atoms with van der Waals surface area (Å²) < 4.78 is 26.5. The van der Waals surface area contributed by atoms with E-state index in [1.807, 2.05) is 0 Å². The van der Waals surface area contributed by atoms with Gasteiger partial charge in [0.1, 0.15) is 4.90 Å². The van der Waals surface area contributed by atoms with E-state index in [9.17, 15) is 13.2 Å². The van der Waals surface area contributed by atoms with Crippen molar-refractivity contribution < 1.29 is 8.42 Å². The van der Waals surface area contributed by atoms with E-state index in [2.05, 4.69) is 10.3 Å². The summed E-state index contributed by atoms with van der Waals surface area (Å²) in [5.41, 5.74) is 0.0192. The van der Waals surface area contributed by atoms with Crippen LogP contribution < -0.4 is 10.7 Å². The number of H-pyrrole nitrogens is 1. The van der Waals surface area contributed by atoms with Gasteiger partial charge in [0, 0.05) is 42.8 Å². The van der Waals surface area contributed by atoms with Gasteiger partial charge < -0.3 is 10.3 Å². The van der Waals surface area contributed by atoms with Crippen molar-refractivity contribution in [3.8, 4) is 0 Å². The van der Waals surface area contributed by atoms with E-state index in [0.717, 1.165) is 0 Å². The Balaban J connectivity index is 2.14. The van der Waals surface area contributed by atoms with Gasteiger partial charge in [0.25, 0.3) is 0 Å². The fourth-order valence-electron chi connectivity index (χ4n) is 2.39. The van der Waals surface area contributed by atoms with Gasteiger partial charge in [-0.3, -0.25) is 4.79 Å². The number of benzene rings is 1. The Morgan fingerprint density at radius 1 is 1.19 bits per heavy atom. The highest BCUT2D eigenvalue weighted by molar-refractivity contribution is 7.89. The number of pyridine rings is 1. The third-order valence-electron chi connectivity index (χ3n) is 3.50. The van der Waals surface area contributed by atoms with Crippen LogP contribution in [0.1, 0.15) is 0 Å². The predicted molar refractivity (Wildman–Crippen MR) is 81.2 cm³/mol. The smallest absolute Gasteiger partial charge is 0.248 e. The number of fused-ring (bicyclic) bond motifs is 1. The molecule has 21 heavy (non-hydrogen) atoms. The Morgan fingerprint density at radius 2 is 1.90 bits per heavy atom. The monoisotopic (exact) mass is 327 g/mol. The number of hydrogen-bond acceptors (Lipinski definition) is 4. The highest BCUT2D eigenvalue weighted by Gasteiger charge is 2.28. The van der Waals surface area contributed by atoms with Crippen LogP contribution in [-0.4, -0.2) is 43.9 Å². The summed E-state index contributed by atoms with van der Waals surface area (Å²) >= 11 is 5.87. The zero-order valence-electron chi connectivity index (χ0n) is 11.1. The van der Waals surface area contributed by atoms with Crippen LogP contribution in [0, 0.1) is 0 Å². The lowest BCUT2D eigenvalue weighted by atomic mass is 10.2. The van der Waals surface area contributed by atoms with Crippen molar-refractivity contribution in [3.63, 3.8) is 0 Å². The summed E-state index contributed by atoms with van der Waals surface area (Å²) in [4.78, 5) is 15.1. The fourth-order valence-corrected chi connectivity index (χ4v) is 4.06. The van der Waals surface area contributed by atoms with E-state index in [4.69, 9.17) is 11.6 Å². The van der Waals surface area contributed by atoms with Crippen LogP contribution in [-0.2, 0) is 10.0 Å². The maximum absolute atomic E-state index is 12.6. The third-order valence-corrected chi connectivity index (χ3v) is 5.64. The molecule has 2 heterocycles. The molecule has 2 aromatic rings. The van der Waals surface area contributed by atoms with E-state index in [1.54, 1.807) is 12.1 Å². The molecule has 0 unspecified atom stereocenters. The Bertz CT molecular complexity index is 841. The number of aromatic amines is 1. The number of sulfonamides is 1. The van der Waals surface area contributed by atoms with Gasteiger partial charge in [-0.2, -0.15) is 4.31 Å². The summed E-state index contributed by atoms with van der Waals surface area (Å²) in [7, 11) is -3.78. The summed E-state index contributed by atoms with van der Waals surface area (Å²) in [6, 6.07) is 4.70. The van der Waals surface area contributed by atoms with Gasteiger partial charge in [-0.25, -0.2) is 8.42 Å². The van der Waals surface area contributed by atoms with Crippen molar-refractivity contribution in [1.82, 2.24) is 14.6 Å². The molecule has 3 rings (SSSR count). The van der Waals surface area contributed by atoms with Crippen molar-refractivity contribution in [2.45, 2.75) is 4.90 Å². The van der Waals surface area contributed by atoms with E-state index in [1.165, 1.54) is 16.6 Å². The third kappa shape index (κ3) is 2.57. The molecular formula is C13H14ClN3O3S. The maximum atomic E-state index is 12.6. The van der Waals surface area contributed by atoms with Gasteiger partial charge in [-0.15, -0.1) is 0 Å². The Kier molecular flexibility index (Phi) is 3.75. The number of rotatable bonds is 2. The molecule has 1 fully saturated rings. The molecule has 0 amide bonds. The number of aromatic nitrogens is 1. The minimum Gasteiger partial charge on any atom is -0.360 e. The molecule has 0 radical (unpaired) electrons. The van der Waals surface area contributed by atoms with Gasteiger partial charge in [0.15, 0.2) is 0 Å². The number of nitrogens with one attached hydrogen (secondary N) is 2. The molecule has 8 heteroatoms. The van der Waals surface area contributed by atoms with Crippen molar-refractivity contribution in [1.29, 1.82) is 0 Å². The predicted octanol–water partition coefficient (Wildman–Crippen LogP) is 0.775. The van der Waals surface area contributed by atoms with Crippen molar-refractivity contribution in [2.24, 2.45) is 0 Å². The number of piperazine rings is 1. The highest BCUT2D eigenvalue weighted by Crippen LogP contribution is 2.18. The molecule has 0 saturated carbocycles. The zero-order valence-corrected chi connectivity index (χ0v) is 12.7. The lowest BCUT2D eigenvalue weighted by Crippen LogP contribution is -2.47. The first-order valence-electron chi connectivity index (χ1n) is 6.52. The molecule has 0 aliphatic carbocycles. The molecule has 1 saturated heterocycles. The summed E-state index contributed by atoms with van der Waals surface area (Å²) in [5.74, 6) is 0. The second kappa shape index (κ2) is 5.42. The second-order valence-corrected chi connectivity index (χ2v) is 7.17. The molecule has 1 aliphatic heterocycles. The first-order valence-corrected chi connectivity index (χ1v) is 8.34. The maximum Gasteiger partial charge on any atom is 0.248 e. The van der Waals surface area contributed by atoms with Gasteiger partial charge in [-0.05, 0) is 18.2 Å². The highest BCUT2D eigenvalue weighted by atomic mass is 35.5. The van der Waals surface area contributed by atoms with Crippen molar-refractivity contribution in [2.75, 3.05) is 26.2 Å². The minimum absolute atomic E-state index is 0.223. The van der Waals surface area contributed by atoms with E-state index >= 15 is 0 Å². The van der Waals surface area contributed by atoms with Crippen LogP contribution >= 0.6 is 11.6 Å². The van der Waals surface area contributed by atoms with Crippen LogP contribution in [0.2, 0.25) is 5.02 Å². The normalized spacial score (nSPS) is 17.2. The standard InChI is InChI=1S/C13H14ClN3O3S/c14-9-1-2-10-11(7-9)16-8-12(13(10)18)21(19,20)17-5-3-15-4-6-17/h1-2,7-8,15H,3-6H2,(H,16,18). The molecule has 0 atom stereocenters. The molecule has 0 bridgehead atoms. The second-order valence-electron chi connectivity index (χ2n) is 4.83. The molecule has 1 aliphatic rings. The molecule has 2 N–H and O–H groups in total. The first-order chi connectivity index (χ1) is 10.00. The van der Waals surface area contributed by atoms with Crippen LogP contribution in [0.4, 0.5) is 0 Å². The molecule has 6 nitrogen and oxygen atoms in total. The van der Waals surface area contributed by atoms with Gasteiger partial charge >= 0.3 is 0 Å². The van der Waals surface area contributed by atoms with Crippen LogP contribution in [0.25, 0.3) is 10.9 Å². The lowest BCUT2D eigenvalue weighted by molar-refractivity contribution is 0.360. The average Bonchev–Trinajstić information content (AvgIpc) is 2.48. The van der Waals surface area contributed by atoms with Crippen LogP contribution in [0.5, 0.6) is 0 Å². The number of nitrogens with zero attached hydrogens (tertiary/aromatic N) is 1. The SMILES string of the molecule is O=c1c(S(=O)(=O)N2CCNCC2)c[nH]c2cc(Cl)ccc12. The molecular weight excluding hydrogens is 314 g/mol. The molecule has 1 aromatic carbocycles. The molecule has 1 aromatic heterocycles. The summed E-state index contributed by atoms with van der Waals surface area (Å²) in [6.07, 6.45) is 1.25. The van der Waals surface area contributed by atoms with Crippen molar-refractivity contribution >= 4 is 32.5 Å². The number of hydrogen-bond donors (Lipinski definition) is 2. The lowest BCUT2D eigenvalue weighted by Gasteiger charge is -2.26. The van der Waals surface area contributed by atoms with Gasteiger partial charge in [0.05, 0.1) is 5.52 Å². The quantitative estimate of drug-likeness (QED) is 0.854. The Morgan fingerprint density at radius 3 is 2.62 bits per heavy atom. The Labute approximate surface area is 126 Å². The van der Waals surface area contributed by atoms with Crippen molar-refractivity contribution in [3.05, 3.63) is 39.6 Å². The zero-order chi connectivity index (χ0) is 15.0. The minimum atomic E-state index is -3.78. The van der Waals surface area contributed by atoms with Gasteiger partial charge in [-0.1, -0.05) is 11.6 Å². The molecule has 0 spiro atoms. The van der Waals surface area contributed by atoms with Gasteiger partial charge in [0.2, 0.25) is 15.5 Å². The van der Waals surface area contributed by atoms with E-state index < -0.39 is 15.5 Å². The van der Waals surface area contributed by atoms with Crippen LogP contribution in [0.15, 0.2) is 34.1 Å². The summed E-state index contributed by atoms with van der Waals surface area (Å²) in [5, 5.41) is 3.88. The Hall–Kier alpha value is -1.41. The fraction of sp³-hybridized carbons (Fsp3) is 0.308. The van der Waals surface area contributed by atoms with E-state index in [-0.39, 0.29) is 4.90 Å². The largest absolute Gasteiger partial charge is 0.360 e. The van der Waals surface area contributed by atoms with E-state index in [0.29, 0.717) is 42.1 Å². The topological polar surface area (TPSA) is 82.3 Å². The first kappa shape index (κ1) is 14.5. The number of halogens is 1.